The van der Waals surface area contributed by atoms with Gasteiger partial charge in [0.05, 0.1) is 6.20 Å². The Balaban J connectivity index is 1.92. The van der Waals surface area contributed by atoms with Gasteiger partial charge in [-0.25, -0.2) is 4.98 Å². The lowest BCUT2D eigenvalue weighted by molar-refractivity contribution is 0.109. The van der Waals surface area contributed by atoms with Crippen LogP contribution in [0.3, 0.4) is 0 Å². The first-order chi connectivity index (χ1) is 6.88. The van der Waals surface area contributed by atoms with Crippen LogP contribution in [0.2, 0.25) is 0 Å². The van der Waals surface area contributed by atoms with Gasteiger partial charge in [-0.3, -0.25) is 4.79 Å². The molecule has 0 aliphatic carbocycles. The molecule has 2 heterocycles. The van der Waals surface area contributed by atoms with Gasteiger partial charge in [-0.1, -0.05) is 0 Å². The zero-order valence-electron chi connectivity index (χ0n) is 8.03. The molecule has 4 heteroatoms. The summed E-state index contributed by atoms with van der Waals surface area (Å²) in [4.78, 5) is 14.4. The largest absolute Gasteiger partial charge is 0.438 e. The second kappa shape index (κ2) is 4.37. The van der Waals surface area contributed by atoms with Crippen LogP contribution in [0.1, 0.15) is 29.3 Å². The fraction of sp³-hybridized carbons (Fsp3) is 0.600. The molecule has 1 atom stereocenters. The van der Waals surface area contributed by atoms with Gasteiger partial charge in [-0.05, 0) is 31.8 Å². The van der Waals surface area contributed by atoms with Crippen LogP contribution in [0, 0.1) is 5.92 Å². The summed E-state index contributed by atoms with van der Waals surface area (Å²) in [6.45, 7) is 2.14. The fourth-order valence-electron chi connectivity index (χ4n) is 1.82. The predicted octanol–water partition coefficient (Wildman–Crippen LogP) is 1.03. The molecule has 2 rings (SSSR count). The van der Waals surface area contributed by atoms with Crippen molar-refractivity contribution in [1.29, 1.82) is 0 Å². The second-order valence-electron chi connectivity index (χ2n) is 3.69. The fourth-order valence-corrected chi connectivity index (χ4v) is 1.82. The molecule has 4 nitrogen and oxygen atoms in total. The first-order valence-electron chi connectivity index (χ1n) is 4.99. The van der Waals surface area contributed by atoms with E-state index in [1.165, 1.54) is 19.0 Å². The first-order valence-corrected chi connectivity index (χ1v) is 4.99. The molecule has 0 radical (unpaired) electrons. The number of hydrogen-bond acceptors (Lipinski definition) is 4. The van der Waals surface area contributed by atoms with Gasteiger partial charge in [-0.15, -0.1) is 0 Å². The van der Waals surface area contributed by atoms with E-state index in [0.29, 0.717) is 23.9 Å². The van der Waals surface area contributed by atoms with Gasteiger partial charge < -0.3 is 9.73 Å². The third kappa shape index (κ3) is 2.20. The smallest absolute Gasteiger partial charge is 0.195 e. The summed E-state index contributed by atoms with van der Waals surface area (Å²) in [6, 6.07) is 0. The molecule has 0 spiro atoms. The zero-order valence-corrected chi connectivity index (χ0v) is 8.03. The topological polar surface area (TPSA) is 55.1 Å². The Kier molecular flexibility index (Phi) is 2.93. The molecule has 1 aromatic heterocycles. The van der Waals surface area contributed by atoms with Crippen LogP contribution in [0.4, 0.5) is 0 Å². The van der Waals surface area contributed by atoms with Gasteiger partial charge in [0.15, 0.2) is 17.9 Å². The van der Waals surface area contributed by atoms with Gasteiger partial charge in [-0.2, -0.15) is 0 Å². The van der Waals surface area contributed by atoms with Gasteiger partial charge in [0.25, 0.3) is 0 Å². The van der Waals surface area contributed by atoms with Gasteiger partial charge in [0.2, 0.25) is 0 Å². The highest BCUT2D eigenvalue weighted by atomic mass is 16.4. The lowest BCUT2D eigenvalue weighted by atomic mass is 9.96. The summed E-state index contributed by atoms with van der Waals surface area (Å²) >= 11 is 0. The molecule has 1 aliphatic heterocycles. The minimum atomic E-state index is 0.323. The van der Waals surface area contributed by atoms with E-state index in [2.05, 4.69) is 10.3 Å². The number of carbonyl (C=O) groups is 1. The third-order valence-corrected chi connectivity index (χ3v) is 2.55. The van der Waals surface area contributed by atoms with Gasteiger partial charge in [0.1, 0.15) is 0 Å². The molecule has 1 aromatic rings. The number of piperidine rings is 1. The number of oxazole rings is 1. The third-order valence-electron chi connectivity index (χ3n) is 2.55. The van der Waals surface area contributed by atoms with Crippen molar-refractivity contribution in [3.63, 3.8) is 0 Å². The molecule has 1 unspecified atom stereocenters. The van der Waals surface area contributed by atoms with Gasteiger partial charge in [0, 0.05) is 6.42 Å². The highest BCUT2D eigenvalue weighted by Crippen LogP contribution is 2.15. The Morgan fingerprint density at radius 3 is 3.29 bits per heavy atom. The maximum Gasteiger partial charge on any atom is 0.195 e. The molecule has 0 amide bonds. The van der Waals surface area contributed by atoms with E-state index < -0.39 is 0 Å². The molecule has 1 saturated heterocycles. The van der Waals surface area contributed by atoms with Crippen LogP contribution >= 0.6 is 0 Å². The van der Waals surface area contributed by atoms with E-state index >= 15 is 0 Å². The molecule has 14 heavy (non-hydrogen) atoms. The molecule has 76 valence electrons. The molecule has 1 fully saturated rings. The molecule has 0 aromatic carbocycles. The van der Waals surface area contributed by atoms with Crippen molar-refractivity contribution in [3.05, 3.63) is 17.8 Å². The Morgan fingerprint density at radius 2 is 2.64 bits per heavy atom. The number of nitrogens with zero attached hydrogens (tertiary/aromatic N) is 1. The van der Waals surface area contributed by atoms with Crippen molar-refractivity contribution in [2.24, 2.45) is 5.92 Å². The number of carbonyl (C=O) groups excluding carboxylic acids is 1. The number of hydrogen-bond donors (Lipinski definition) is 1. The van der Waals surface area contributed by atoms with Crippen molar-refractivity contribution < 1.29 is 9.21 Å². The highest BCUT2D eigenvalue weighted by molar-refractivity contribution is 5.69. The van der Waals surface area contributed by atoms with E-state index in [1.54, 1.807) is 0 Å². The first kappa shape index (κ1) is 9.40. The Hall–Kier alpha value is -1.16. The highest BCUT2D eigenvalue weighted by Gasteiger charge is 2.16. The maximum atomic E-state index is 10.4. The second-order valence-corrected chi connectivity index (χ2v) is 3.69. The summed E-state index contributed by atoms with van der Waals surface area (Å²) in [5.74, 6) is 1.60. The number of aromatic nitrogens is 1. The number of rotatable bonds is 3. The van der Waals surface area contributed by atoms with Crippen molar-refractivity contribution >= 4 is 6.29 Å². The van der Waals surface area contributed by atoms with E-state index in [0.717, 1.165) is 19.5 Å². The molecule has 0 saturated carbocycles. The van der Waals surface area contributed by atoms with E-state index in [-0.39, 0.29) is 0 Å². The SMILES string of the molecule is O=Cc1cnc(CC2CCCNC2)o1. The lowest BCUT2D eigenvalue weighted by Crippen LogP contribution is -2.30. The van der Waals surface area contributed by atoms with Crippen molar-refractivity contribution in [2.75, 3.05) is 13.1 Å². The average molecular weight is 194 g/mol. The van der Waals surface area contributed by atoms with Crippen molar-refractivity contribution in [3.8, 4) is 0 Å². The summed E-state index contributed by atoms with van der Waals surface area (Å²) in [5.41, 5.74) is 0. The Morgan fingerprint density at radius 1 is 1.71 bits per heavy atom. The monoisotopic (exact) mass is 194 g/mol. The number of aldehydes is 1. The van der Waals surface area contributed by atoms with E-state index in [1.807, 2.05) is 0 Å². The van der Waals surface area contributed by atoms with E-state index in [4.69, 9.17) is 4.42 Å². The Bertz CT molecular complexity index is 303. The lowest BCUT2D eigenvalue weighted by Gasteiger charge is -2.21. The molecule has 1 aliphatic rings. The zero-order chi connectivity index (χ0) is 9.80. The minimum Gasteiger partial charge on any atom is -0.438 e. The van der Waals surface area contributed by atoms with Crippen LogP contribution in [-0.2, 0) is 6.42 Å². The molecule has 0 bridgehead atoms. The summed E-state index contributed by atoms with van der Waals surface area (Å²) in [5, 5.41) is 3.34. The minimum absolute atomic E-state index is 0.323. The van der Waals surface area contributed by atoms with Crippen LogP contribution in [0.15, 0.2) is 10.6 Å². The van der Waals surface area contributed by atoms with Gasteiger partial charge >= 0.3 is 0 Å². The molecular weight excluding hydrogens is 180 g/mol. The van der Waals surface area contributed by atoms with Crippen molar-refractivity contribution in [2.45, 2.75) is 19.3 Å². The van der Waals surface area contributed by atoms with Crippen LogP contribution in [0.5, 0.6) is 0 Å². The average Bonchev–Trinajstić information content (AvgIpc) is 2.67. The maximum absolute atomic E-state index is 10.4. The summed E-state index contributed by atoms with van der Waals surface area (Å²) in [7, 11) is 0. The van der Waals surface area contributed by atoms with Crippen molar-refractivity contribution in [1.82, 2.24) is 10.3 Å². The quantitative estimate of drug-likeness (QED) is 0.730. The predicted molar refractivity (Wildman–Crippen MR) is 51.2 cm³/mol. The number of nitrogens with one attached hydrogen (secondary N) is 1. The molecule has 1 N–H and O–H groups in total. The van der Waals surface area contributed by atoms with Crippen LogP contribution < -0.4 is 5.32 Å². The normalized spacial score (nSPS) is 22.1. The summed E-state index contributed by atoms with van der Waals surface area (Å²) in [6.07, 6.45) is 5.44. The molecular formula is C10H14N2O2. The summed E-state index contributed by atoms with van der Waals surface area (Å²) < 4.78 is 5.23. The Labute approximate surface area is 82.7 Å². The standard InChI is InChI=1S/C10H14N2O2/c13-7-9-6-12-10(14-9)4-8-2-1-3-11-5-8/h6-8,11H,1-5H2. The van der Waals surface area contributed by atoms with E-state index in [9.17, 15) is 4.79 Å². The van der Waals surface area contributed by atoms with Crippen LogP contribution in [0.25, 0.3) is 0 Å². The van der Waals surface area contributed by atoms with Crippen LogP contribution in [-0.4, -0.2) is 24.4 Å².